The van der Waals surface area contributed by atoms with E-state index in [2.05, 4.69) is 10.3 Å². The average Bonchev–Trinajstić information content (AvgIpc) is 2.87. The molecule has 1 N–H and O–H groups in total. The van der Waals surface area contributed by atoms with Crippen LogP contribution in [0.4, 0.5) is 5.82 Å². The van der Waals surface area contributed by atoms with Gasteiger partial charge in [0.1, 0.15) is 23.4 Å². The molecule has 2 aliphatic rings. The Morgan fingerprint density at radius 3 is 2.64 bits per heavy atom. The van der Waals surface area contributed by atoms with E-state index in [4.69, 9.17) is 9.47 Å². The van der Waals surface area contributed by atoms with Crippen molar-refractivity contribution in [3.05, 3.63) is 108 Å². The molecular formula is C26H21N3O4. The van der Waals surface area contributed by atoms with Gasteiger partial charge in [0.05, 0.1) is 17.7 Å². The number of anilines is 1. The summed E-state index contributed by atoms with van der Waals surface area (Å²) in [4.78, 5) is 31.7. The van der Waals surface area contributed by atoms with Crippen LogP contribution in [0, 0.1) is 0 Å². The Balaban J connectivity index is 1.36. The molecule has 1 unspecified atom stereocenters. The van der Waals surface area contributed by atoms with E-state index in [1.165, 1.54) is 0 Å². The van der Waals surface area contributed by atoms with Crippen molar-refractivity contribution in [2.75, 3.05) is 18.1 Å². The number of carbonyl (C=O) groups excluding carboxylic acids is 2. The SMILES string of the molecule is O=C(COc1ccccc1)NCC1=CC2Oc3ccccc3C(=O)C2=CN1c1ccccn1. The lowest BCUT2D eigenvalue weighted by atomic mass is 9.93. The molecular weight excluding hydrogens is 418 g/mol. The highest BCUT2D eigenvalue weighted by molar-refractivity contribution is 6.13. The number of ketones is 1. The number of aromatic nitrogens is 1. The Morgan fingerprint density at radius 1 is 1.03 bits per heavy atom. The van der Waals surface area contributed by atoms with Crippen molar-refractivity contribution in [3.63, 3.8) is 0 Å². The molecule has 164 valence electrons. The van der Waals surface area contributed by atoms with Crippen LogP contribution >= 0.6 is 0 Å². The number of hydrogen-bond acceptors (Lipinski definition) is 6. The Labute approximate surface area is 191 Å². The second-order valence-corrected chi connectivity index (χ2v) is 7.54. The topological polar surface area (TPSA) is 80.8 Å². The van der Waals surface area contributed by atoms with E-state index in [1.807, 2.05) is 54.6 Å². The normalized spacial score (nSPS) is 16.5. The van der Waals surface area contributed by atoms with Crippen molar-refractivity contribution in [2.45, 2.75) is 6.10 Å². The first kappa shape index (κ1) is 20.5. The summed E-state index contributed by atoms with van der Waals surface area (Å²) in [6, 6.07) is 21.9. The fraction of sp³-hybridized carbons (Fsp3) is 0.115. The highest BCUT2D eigenvalue weighted by Gasteiger charge is 2.35. The lowest BCUT2D eigenvalue weighted by Gasteiger charge is -2.34. The zero-order valence-corrected chi connectivity index (χ0v) is 17.7. The van der Waals surface area contributed by atoms with Crippen molar-refractivity contribution in [1.82, 2.24) is 10.3 Å². The molecule has 5 rings (SSSR count). The van der Waals surface area contributed by atoms with Gasteiger partial charge >= 0.3 is 0 Å². The summed E-state index contributed by atoms with van der Waals surface area (Å²) in [6.45, 7) is 0.112. The van der Waals surface area contributed by atoms with Crippen LogP contribution in [0.2, 0.25) is 0 Å². The molecule has 0 spiro atoms. The Hall–Kier alpha value is -4.39. The molecule has 33 heavy (non-hydrogen) atoms. The molecule has 1 atom stereocenters. The predicted octanol–water partition coefficient (Wildman–Crippen LogP) is 3.51. The largest absolute Gasteiger partial charge is 0.484 e. The first-order valence-electron chi connectivity index (χ1n) is 10.6. The molecule has 0 saturated carbocycles. The molecule has 2 aliphatic heterocycles. The van der Waals surface area contributed by atoms with Crippen LogP contribution in [-0.4, -0.2) is 35.9 Å². The smallest absolute Gasteiger partial charge is 0.258 e. The standard InChI is InChI=1S/C26H21N3O4/c30-25(17-32-19-8-2-1-3-9-19)28-15-18-14-23-21(16-29(18)24-12-6-7-13-27-24)26(31)20-10-4-5-11-22(20)33-23/h1-14,16,23H,15,17H2,(H,28,30). The number of benzene rings is 2. The number of nitrogens with zero attached hydrogens (tertiary/aromatic N) is 2. The highest BCUT2D eigenvalue weighted by atomic mass is 16.5. The van der Waals surface area contributed by atoms with Crippen molar-refractivity contribution in [3.8, 4) is 11.5 Å². The van der Waals surface area contributed by atoms with E-state index in [1.54, 1.807) is 41.6 Å². The molecule has 2 aromatic carbocycles. The zero-order valence-electron chi connectivity index (χ0n) is 17.7. The van der Waals surface area contributed by atoms with Crippen LogP contribution in [0.15, 0.2) is 103 Å². The maximum atomic E-state index is 13.1. The van der Waals surface area contributed by atoms with Gasteiger partial charge in [-0.2, -0.15) is 0 Å². The highest BCUT2D eigenvalue weighted by Crippen LogP contribution is 2.35. The summed E-state index contributed by atoms with van der Waals surface area (Å²) >= 11 is 0. The number of ether oxygens (including phenoxy) is 2. The van der Waals surface area contributed by atoms with Crippen molar-refractivity contribution in [1.29, 1.82) is 0 Å². The third-order valence-electron chi connectivity index (χ3n) is 5.35. The molecule has 0 radical (unpaired) electrons. The number of amides is 1. The number of hydrogen-bond donors (Lipinski definition) is 1. The second kappa shape index (κ2) is 9.00. The minimum absolute atomic E-state index is 0.0848. The fourth-order valence-electron chi connectivity index (χ4n) is 3.73. The van der Waals surface area contributed by atoms with Crippen LogP contribution in [0.5, 0.6) is 11.5 Å². The molecule has 3 heterocycles. The van der Waals surface area contributed by atoms with Crippen molar-refractivity contribution in [2.24, 2.45) is 0 Å². The van der Waals surface area contributed by atoms with Gasteiger partial charge in [0, 0.05) is 18.1 Å². The van der Waals surface area contributed by atoms with Crippen molar-refractivity contribution < 1.29 is 19.1 Å². The third kappa shape index (κ3) is 4.34. The molecule has 0 aliphatic carbocycles. The van der Waals surface area contributed by atoms with Gasteiger partial charge in [-0.15, -0.1) is 0 Å². The molecule has 7 heteroatoms. The lowest BCUT2D eigenvalue weighted by Crippen LogP contribution is -2.40. The molecule has 0 bridgehead atoms. The Morgan fingerprint density at radius 2 is 1.82 bits per heavy atom. The summed E-state index contributed by atoms with van der Waals surface area (Å²) in [5, 5.41) is 2.88. The quantitative estimate of drug-likeness (QED) is 0.633. The van der Waals surface area contributed by atoms with E-state index in [-0.39, 0.29) is 24.8 Å². The maximum Gasteiger partial charge on any atom is 0.258 e. The third-order valence-corrected chi connectivity index (χ3v) is 5.35. The maximum absolute atomic E-state index is 13.1. The molecule has 0 fully saturated rings. The van der Waals surface area contributed by atoms with Gasteiger partial charge in [0.15, 0.2) is 12.4 Å². The van der Waals surface area contributed by atoms with E-state index in [0.717, 1.165) is 5.70 Å². The van der Waals surface area contributed by atoms with Crippen LogP contribution in [0.25, 0.3) is 0 Å². The van der Waals surface area contributed by atoms with Gasteiger partial charge in [-0.3, -0.25) is 9.59 Å². The van der Waals surface area contributed by atoms with Gasteiger partial charge in [-0.1, -0.05) is 36.4 Å². The number of fused-ring (bicyclic) bond motifs is 2. The van der Waals surface area contributed by atoms with Gasteiger partial charge < -0.3 is 19.7 Å². The van der Waals surface area contributed by atoms with Gasteiger partial charge in [-0.05, 0) is 42.5 Å². The summed E-state index contributed by atoms with van der Waals surface area (Å²) in [5.41, 5.74) is 1.79. The second-order valence-electron chi connectivity index (χ2n) is 7.54. The molecule has 7 nitrogen and oxygen atoms in total. The van der Waals surface area contributed by atoms with Gasteiger partial charge in [0.25, 0.3) is 5.91 Å². The minimum Gasteiger partial charge on any atom is -0.484 e. The summed E-state index contributed by atoms with van der Waals surface area (Å²) in [6.07, 6.45) is 4.72. The fourth-order valence-corrected chi connectivity index (χ4v) is 3.73. The Bertz CT molecular complexity index is 1240. The average molecular weight is 439 g/mol. The zero-order chi connectivity index (χ0) is 22.6. The van der Waals surface area contributed by atoms with Crippen LogP contribution in [-0.2, 0) is 4.79 Å². The predicted molar refractivity (Wildman–Crippen MR) is 123 cm³/mol. The monoisotopic (exact) mass is 439 g/mol. The van der Waals surface area contributed by atoms with E-state index in [9.17, 15) is 9.59 Å². The molecule has 1 aromatic heterocycles. The lowest BCUT2D eigenvalue weighted by molar-refractivity contribution is -0.122. The van der Waals surface area contributed by atoms with Crippen LogP contribution in [0.3, 0.4) is 0 Å². The van der Waals surface area contributed by atoms with Gasteiger partial charge in [0.2, 0.25) is 0 Å². The summed E-state index contributed by atoms with van der Waals surface area (Å²) in [5.74, 6) is 1.46. The number of nitrogens with one attached hydrogen (secondary N) is 1. The first-order chi connectivity index (χ1) is 16.2. The van der Waals surface area contributed by atoms with Crippen LogP contribution < -0.4 is 19.7 Å². The molecule has 3 aromatic rings. The van der Waals surface area contributed by atoms with E-state index < -0.39 is 6.10 Å². The number of para-hydroxylation sites is 2. The first-order valence-corrected chi connectivity index (χ1v) is 10.6. The number of carbonyl (C=O) groups is 2. The number of pyridine rings is 1. The van der Waals surface area contributed by atoms with Gasteiger partial charge in [-0.25, -0.2) is 4.98 Å². The van der Waals surface area contributed by atoms with E-state index >= 15 is 0 Å². The number of Topliss-reactive ketones (excluding diaryl/α,β-unsaturated/α-hetero) is 1. The summed E-state index contributed by atoms with van der Waals surface area (Å²) < 4.78 is 11.6. The van der Waals surface area contributed by atoms with Crippen molar-refractivity contribution >= 4 is 17.5 Å². The Kier molecular flexibility index (Phi) is 5.59. The summed E-state index contributed by atoms with van der Waals surface area (Å²) in [7, 11) is 0. The number of rotatable bonds is 6. The van der Waals surface area contributed by atoms with E-state index in [0.29, 0.717) is 28.5 Å². The molecule has 1 amide bonds. The molecule has 0 saturated heterocycles. The minimum atomic E-state index is -0.542. The van der Waals surface area contributed by atoms with Crippen LogP contribution in [0.1, 0.15) is 10.4 Å².